The van der Waals surface area contributed by atoms with E-state index in [0.29, 0.717) is 6.42 Å². The molecule has 45 heavy (non-hydrogen) atoms. The summed E-state index contributed by atoms with van der Waals surface area (Å²) in [5.41, 5.74) is -1.51. The van der Waals surface area contributed by atoms with Gasteiger partial charge in [0, 0.05) is 12.5 Å². The number of halogens is 7. The van der Waals surface area contributed by atoms with Crippen LogP contribution in [0.2, 0.25) is 0 Å². The Kier molecular flexibility index (Phi) is 7.24. The number of benzene rings is 2. The molecular formula is C30H23Cl2F5N2O6. The van der Waals surface area contributed by atoms with Gasteiger partial charge < -0.3 is 9.84 Å². The molecule has 1 saturated carbocycles. The van der Waals surface area contributed by atoms with E-state index in [4.69, 9.17) is 27.9 Å². The van der Waals surface area contributed by atoms with E-state index in [2.05, 4.69) is 0 Å². The minimum atomic E-state index is -2.67. The highest BCUT2D eigenvalue weighted by molar-refractivity contribution is 6.58. The number of carbonyl (C=O) groups is 4. The normalized spacial score (nSPS) is 30.8. The molecule has 0 spiro atoms. The van der Waals surface area contributed by atoms with Gasteiger partial charge in [0.1, 0.15) is 5.69 Å². The average Bonchev–Trinajstić information content (AvgIpc) is 3.33. The van der Waals surface area contributed by atoms with Crippen LogP contribution in [0.4, 0.5) is 27.6 Å². The molecule has 1 N–H and O–H groups in total. The van der Waals surface area contributed by atoms with Gasteiger partial charge in [-0.05, 0) is 42.9 Å². The van der Waals surface area contributed by atoms with Gasteiger partial charge in [0.15, 0.2) is 44.5 Å². The third kappa shape index (κ3) is 3.89. The van der Waals surface area contributed by atoms with Crippen LogP contribution in [-0.2, 0) is 19.2 Å². The minimum Gasteiger partial charge on any atom is -0.504 e. The van der Waals surface area contributed by atoms with Crippen LogP contribution in [-0.4, -0.2) is 57.0 Å². The molecule has 0 bridgehead atoms. The summed E-state index contributed by atoms with van der Waals surface area (Å²) < 4.78 is 77.7. The Bertz CT molecular complexity index is 1730. The largest absolute Gasteiger partial charge is 0.504 e. The predicted molar refractivity (Wildman–Crippen MR) is 148 cm³/mol. The van der Waals surface area contributed by atoms with Gasteiger partial charge in [-0.15, -0.1) is 23.2 Å². The van der Waals surface area contributed by atoms with E-state index in [-0.39, 0.29) is 34.8 Å². The van der Waals surface area contributed by atoms with Crippen LogP contribution in [0.1, 0.15) is 37.7 Å². The molecule has 4 amide bonds. The van der Waals surface area contributed by atoms with E-state index >= 15 is 8.78 Å². The molecule has 15 heteroatoms. The molecule has 6 rings (SSSR count). The summed E-state index contributed by atoms with van der Waals surface area (Å²) in [6.07, 6.45) is 1.48. The summed E-state index contributed by atoms with van der Waals surface area (Å²) in [5, 5.41) is 10.6. The highest BCUT2D eigenvalue weighted by Gasteiger charge is 2.77. The molecule has 3 fully saturated rings. The summed E-state index contributed by atoms with van der Waals surface area (Å²) in [4.78, 5) is 50.7. The molecule has 2 saturated heterocycles. The molecule has 4 aliphatic rings. The van der Waals surface area contributed by atoms with Crippen molar-refractivity contribution in [3.05, 3.63) is 64.5 Å². The zero-order chi connectivity index (χ0) is 32.9. The molecular weight excluding hydrogens is 650 g/mol. The summed E-state index contributed by atoms with van der Waals surface area (Å²) in [7, 11) is 1.27. The number of imide groups is 2. The number of hydrogen-bond acceptors (Lipinski definition) is 6. The van der Waals surface area contributed by atoms with E-state index in [1.54, 1.807) is 13.0 Å². The van der Waals surface area contributed by atoms with Crippen molar-refractivity contribution in [1.29, 1.82) is 0 Å². The van der Waals surface area contributed by atoms with Gasteiger partial charge in [-0.2, -0.15) is 0 Å². The van der Waals surface area contributed by atoms with Crippen LogP contribution in [0.3, 0.4) is 0 Å². The SMILES string of the molecule is CCCN1C(=O)[C@H]2[C@H](CC=C3[C@H]2C[C@@]2(Cl)C(=O)N(c4c(F)c(F)c(F)c(F)c4F)C(=O)[C@@]2(Cl)[C@H]3c2ccc(OC)c(O)c2)C1=O. The molecule has 0 aromatic heterocycles. The van der Waals surface area contributed by atoms with Gasteiger partial charge >= 0.3 is 0 Å². The predicted octanol–water partition coefficient (Wildman–Crippen LogP) is 5.07. The lowest BCUT2D eigenvalue weighted by molar-refractivity contribution is -0.140. The lowest BCUT2D eigenvalue weighted by atomic mass is 9.56. The van der Waals surface area contributed by atoms with Crippen molar-refractivity contribution < 1.29 is 51.0 Å². The first-order valence-electron chi connectivity index (χ1n) is 13.9. The Balaban J connectivity index is 1.60. The van der Waals surface area contributed by atoms with Crippen LogP contribution in [0.25, 0.3) is 0 Å². The highest BCUT2D eigenvalue weighted by atomic mass is 35.5. The van der Waals surface area contributed by atoms with Gasteiger partial charge in [-0.25, -0.2) is 26.9 Å². The molecule has 8 nitrogen and oxygen atoms in total. The fourth-order valence-electron chi connectivity index (χ4n) is 7.34. The number of phenols is 1. The molecule has 2 aromatic rings. The van der Waals surface area contributed by atoms with Gasteiger partial charge in [-0.3, -0.25) is 24.1 Å². The van der Waals surface area contributed by atoms with Crippen molar-refractivity contribution in [3.8, 4) is 11.5 Å². The highest BCUT2D eigenvalue weighted by Crippen LogP contribution is 2.66. The van der Waals surface area contributed by atoms with E-state index in [1.807, 2.05) is 0 Å². The van der Waals surface area contributed by atoms with Crippen molar-refractivity contribution in [3.63, 3.8) is 0 Å². The van der Waals surface area contributed by atoms with Gasteiger partial charge in [0.2, 0.25) is 17.6 Å². The first-order chi connectivity index (χ1) is 21.2. The third-order valence-corrected chi connectivity index (χ3v) is 10.7. The van der Waals surface area contributed by atoms with Crippen LogP contribution in [0, 0.1) is 46.8 Å². The monoisotopic (exact) mass is 672 g/mol. The number of aromatic hydroxyl groups is 1. The van der Waals surface area contributed by atoms with Crippen molar-refractivity contribution in [2.24, 2.45) is 17.8 Å². The molecule has 2 aliphatic heterocycles. The van der Waals surface area contributed by atoms with Crippen LogP contribution >= 0.6 is 23.2 Å². The zero-order valence-corrected chi connectivity index (χ0v) is 25.0. The number of rotatable bonds is 5. The van der Waals surface area contributed by atoms with Crippen molar-refractivity contribution >= 4 is 52.5 Å². The lowest BCUT2D eigenvalue weighted by Crippen LogP contribution is -2.60. The maximum absolute atomic E-state index is 15.1. The zero-order valence-electron chi connectivity index (χ0n) is 23.5. The number of fused-ring (bicyclic) bond motifs is 4. The van der Waals surface area contributed by atoms with Gasteiger partial charge in [0.05, 0.1) is 18.9 Å². The maximum Gasteiger partial charge on any atom is 0.258 e. The second-order valence-electron chi connectivity index (χ2n) is 11.5. The Hall–Kier alpha value is -3.71. The molecule has 2 aliphatic carbocycles. The van der Waals surface area contributed by atoms with Crippen LogP contribution in [0.5, 0.6) is 11.5 Å². The molecule has 2 heterocycles. The van der Waals surface area contributed by atoms with E-state index in [0.717, 1.165) is 11.0 Å². The molecule has 0 radical (unpaired) electrons. The van der Waals surface area contributed by atoms with E-state index in [9.17, 15) is 37.5 Å². The number of likely N-dealkylation sites (tertiary alicyclic amines) is 1. The Labute approximate surface area is 262 Å². The van der Waals surface area contributed by atoms with Crippen molar-refractivity contribution in [1.82, 2.24) is 4.90 Å². The van der Waals surface area contributed by atoms with Crippen molar-refractivity contribution in [2.75, 3.05) is 18.6 Å². The summed E-state index contributed by atoms with van der Waals surface area (Å²) in [6, 6.07) is 3.85. The number of hydrogen-bond donors (Lipinski definition) is 1. The smallest absolute Gasteiger partial charge is 0.258 e. The number of amides is 4. The number of allylic oxidation sites excluding steroid dienone is 2. The number of phenolic OH excluding ortho intramolecular Hbond substituents is 1. The molecule has 2 aromatic carbocycles. The summed E-state index contributed by atoms with van der Waals surface area (Å²) in [6.45, 7) is 1.89. The number of carbonyl (C=O) groups excluding carboxylic acids is 4. The second-order valence-corrected chi connectivity index (χ2v) is 12.7. The fourth-order valence-corrected chi connectivity index (χ4v) is 8.27. The number of anilines is 1. The lowest BCUT2D eigenvalue weighted by Gasteiger charge is -2.50. The first kappa shape index (κ1) is 31.3. The minimum absolute atomic E-state index is 0.00758. The van der Waals surface area contributed by atoms with Crippen LogP contribution in [0.15, 0.2) is 29.8 Å². The Morgan fingerprint density at radius 3 is 2.13 bits per heavy atom. The fraction of sp³-hybridized carbons (Fsp3) is 0.400. The first-order valence-corrected chi connectivity index (χ1v) is 14.6. The summed E-state index contributed by atoms with van der Waals surface area (Å²) >= 11 is 14.1. The van der Waals surface area contributed by atoms with Crippen LogP contribution < -0.4 is 9.64 Å². The number of methoxy groups -OCH3 is 1. The molecule has 0 unspecified atom stereocenters. The number of alkyl halides is 2. The third-order valence-electron chi connectivity index (χ3n) is 9.30. The van der Waals surface area contributed by atoms with E-state index < -0.39 is 104 Å². The summed E-state index contributed by atoms with van der Waals surface area (Å²) in [5.74, 6) is -21.2. The quantitative estimate of drug-likeness (QED) is 0.119. The Morgan fingerprint density at radius 1 is 0.933 bits per heavy atom. The standard InChI is InChI=1S/C30H23Cl2F5N2O6/c1-3-8-38-25(41)13-6-5-12-14(17(13)26(38)42)10-29(31)27(43)39(24-22(36)20(34)19(33)21(35)23(24)37)28(44)30(29,32)18(12)11-4-7-16(45-2)15(40)9-11/h4-5,7,9,13-14,17-18,40H,3,6,8,10H2,1-2H3/t13-,14+,17-,18-,29+,30-/m0/s1. The van der Waals surface area contributed by atoms with Gasteiger partial charge in [-0.1, -0.05) is 24.6 Å². The number of ether oxygens (including phenoxy) is 1. The molecule has 6 atom stereocenters. The maximum atomic E-state index is 15.1. The Morgan fingerprint density at radius 2 is 1.56 bits per heavy atom. The second kappa shape index (κ2) is 10.4. The van der Waals surface area contributed by atoms with Gasteiger partial charge in [0.25, 0.3) is 11.8 Å². The topological polar surface area (TPSA) is 104 Å². The molecule has 238 valence electrons. The van der Waals surface area contributed by atoms with E-state index in [1.165, 1.54) is 19.2 Å². The van der Waals surface area contributed by atoms with Crippen molar-refractivity contribution in [2.45, 2.75) is 41.9 Å². The average molecular weight is 673 g/mol. The number of nitrogens with zero attached hydrogens (tertiary/aromatic N) is 2.